The molecule has 1 N–H and O–H groups in total. The fourth-order valence-electron chi connectivity index (χ4n) is 2.51. The number of carbonyl (C=O) groups excluding carboxylic acids is 1. The van der Waals surface area contributed by atoms with Crippen LogP contribution in [0.1, 0.15) is 31.4 Å². The molecule has 122 valence electrons. The lowest BCUT2D eigenvalue weighted by Crippen LogP contribution is -2.46. The Kier molecular flexibility index (Phi) is 5.83. The predicted molar refractivity (Wildman–Crippen MR) is 78.1 cm³/mol. The van der Waals surface area contributed by atoms with E-state index in [0.717, 1.165) is 31.6 Å². The molecule has 1 aliphatic rings. The Labute approximate surface area is 128 Å². The van der Waals surface area contributed by atoms with Gasteiger partial charge >= 0.3 is 0 Å². The number of hydrogen-bond donors (Lipinski definition) is 1. The van der Waals surface area contributed by atoms with Crippen LogP contribution in [0.3, 0.4) is 0 Å². The molecule has 1 amide bonds. The maximum Gasteiger partial charge on any atom is 0.262 e. The highest BCUT2D eigenvalue weighted by Gasteiger charge is 2.29. The van der Waals surface area contributed by atoms with Crippen molar-refractivity contribution in [3.8, 4) is 0 Å². The third kappa shape index (κ3) is 4.22. The van der Waals surface area contributed by atoms with Crippen molar-refractivity contribution in [2.75, 3.05) is 19.6 Å². The zero-order chi connectivity index (χ0) is 16.1. The minimum Gasteiger partial charge on any atom is -0.343 e. The summed E-state index contributed by atoms with van der Waals surface area (Å²) in [5, 5.41) is 2.42. The largest absolute Gasteiger partial charge is 0.343 e. The quantitative estimate of drug-likeness (QED) is 0.839. The zero-order valence-electron chi connectivity index (χ0n) is 12.6. The summed E-state index contributed by atoms with van der Waals surface area (Å²) >= 11 is 0. The van der Waals surface area contributed by atoms with Crippen molar-refractivity contribution in [3.05, 3.63) is 35.6 Å². The van der Waals surface area contributed by atoms with Crippen molar-refractivity contribution in [3.63, 3.8) is 0 Å². The van der Waals surface area contributed by atoms with Gasteiger partial charge in [0.05, 0.1) is 5.92 Å². The molecule has 6 heteroatoms. The molecule has 1 aliphatic heterocycles. The monoisotopic (exact) mass is 314 g/mol. The third-order valence-electron chi connectivity index (χ3n) is 4.07. The summed E-state index contributed by atoms with van der Waals surface area (Å²) < 4.78 is 39.4. The van der Waals surface area contributed by atoms with Crippen LogP contribution in [0, 0.1) is 11.7 Å². The van der Waals surface area contributed by atoms with E-state index in [2.05, 4.69) is 10.2 Å². The van der Waals surface area contributed by atoms with E-state index in [4.69, 9.17) is 0 Å². The summed E-state index contributed by atoms with van der Waals surface area (Å²) in [6, 6.07) is 3.40. The SMILES string of the molecule is CCC(CN1CCC1)C(=O)NC(c1ccc(F)cc1)C(F)F. The number of halogens is 3. The van der Waals surface area contributed by atoms with Gasteiger partial charge in [-0.25, -0.2) is 13.2 Å². The highest BCUT2D eigenvalue weighted by molar-refractivity contribution is 5.79. The van der Waals surface area contributed by atoms with Gasteiger partial charge in [0.1, 0.15) is 11.9 Å². The Morgan fingerprint density at radius 3 is 2.36 bits per heavy atom. The molecule has 0 bridgehead atoms. The van der Waals surface area contributed by atoms with Crippen molar-refractivity contribution in [1.29, 1.82) is 0 Å². The molecule has 0 spiro atoms. The van der Waals surface area contributed by atoms with Gasteiger partial charge in [-0.05, 0) is 43.6 Å². The van der Waals surface area contributed by atoms with Crippen LogP contribution < -0.4 is 5.32 Å². The number of nitrogens with one attached hydrogen (secondary N) is 1. The van der Waals surface area contributed by atoms with Gasteiger partial charge in [0.25, 0.3) is 6.43 Å². The standard InChI is InChI=1S/C16H21F3N2O/c1-2-11(10-21-8-3-9-21)16(22)20-14(15(18)19)12-4-6-13(17)7-5-12/h4-7,11,14-15H,2-3,8-10H2,1H3,(H,20,22). The average molecular weight is 314 g/mol. The highest BCUT2D eigenvalue weighted by Crippen LogP contribution is 2.22. The lowest BCUT2D eigenvalue weighted by atomic mass is 10.0. The molecular weight excluding hydrogens is 293 g/mol. The molecule has 1 aromatic carbocycles. The van der Waals surface area contributed by atoms with Crippen LogP contribution in [0.2, 0.25) is 0 Å². The fraction of sp³-hybridized carbons (Fsp3) is 0.562. The molecule has 1 heterocycles. The number of likely N-dealkylation sites (tertiary alicyclic amines) is 1. The van der Waals surface area contributed by atoms with E-state index in [1.54, 1.807) is 0 Å². The number of carbonyl (C=O) groups is 1. The van der Waals surface area contributed by atoms with Crippen molar-refractivity contribution in [1.82, 2.24) is 10.2 Å². The highest BCUT2D eigenvalue weighted by atomic mass is 19.3. The minimum atomic E-state index is -2.74. The van der Waals surface area contributed by atoms with E-state index in [1.165, 1.54) is 12.1 Å². The third-order valence-corrected chi connectivity index (χ3v) is 4.07. The second kappa shape index (κ2) is 7.63. The molecule has 2 rings (SSSR count). The Bertz CT molecular complexity index is 489. The molecule has 0 aliphatic carbocycles. The topological polar surface area (TPSA) is 32.3 Å². The normalized spacial score (nSPS) is 17.9. The first kappa shape index (κ1) is 16.8. The number of nitrogens with zero attached hydrogens (tertiary/aromatic N) is 1. The molecular formula is C16H21F3N2O. The van der Waals surface area contributed by atoms with E-state index >= 15 is 0 Å². The first-order chi connectivity index (χ1) is 10.5. The van der Waals surface area contributed by atoms with Crippen molar-refractivity contribution >= 4 is 5.91 Å². The summed E-state index contributed by atoms with van der Waals surface area (Å²) in [5.41, 5.74) is 0.212. The maximum atomic E-state index is 13.2. The van der Waals surface area contributed by atoms with Crippen molar-refractivity contribution < 1.29 is 18.0 Å². The van der Waals surface area contributed by atoms with Gasteiger partial charge in [-0.2, -0.15) is 0 Å². The smallest absolute Gasteiger partial charge is 0.262 e. The number of amides is 1. The summed E-state index contributed by atoms with van der Waals surface area (Å²) in [5.74, 6) is -1.17. The molecule has 1 saturated heterocycles. The molecule has 0 aromatic heterocycles. The Balaban J connectivity index is 2.02. The summed E-state index contributed by atoms with van der Waals surface area (Å²) in [7, 11) is 0. The van der Waals surface area contributed by atoms with Crippen LogP contribution >= 0.6 is 0 Å². The van der Waals surface area contributed by atoms with E-state index in [0.29, 0.717) is 13.0 Å². The second-order valence-corrected chi connectivity index (χ2v) is 5.63. The summed E-state index contributed by atoms with van der Waals surface area (Å²) in [6.45, 7) is 4.39. The molecule has 1 fully saturated rings. The average Bonchev–Trinajstić information content (AvgIpc) is 2.44. The Morgan fingerprint density at radius 2 is 1.91 bits per heavy atom. The van der Waals surface area contributed by atoms with E-state index in [1.807, 2.05) is 6.92 Å². The molecule has 22 heavy (non-hydrogen) atoms. The molecule has 1 aromatic rings. The first-order valence-corrected chi connectivity index (χ1v) is 7.57. The molecule has 3 nitrogen and oxygen atoms in total. The van der Waals surface area contributed by atoms with Gasteiger partial charge in [0.15, 0.2) is 0 Å². The summed E-state index contributed by atoms with van der Waals surface area (Å²) in [6.07, 6.45) is -1.02. The molecule has 2 unspecified atom stereocenters. The molecule has 0 radical (unpaired) electrons. The minimum absolute atomic E-state index is 0.212. The Hall–Kier alpha value is -1.56. The first-order valence-electron chi connectivity index (χ1n) is 7.57. The fourth-order valence-corrected chi connectivity index (χ4v) is 2.51. The van der Waals surface area contributed by atoms with E-state index in [-0.39, 0.29) is 17.4 Å². The van der Waals surface area contributed by atoms with Gasteiger partial charge in [-0.1, -0.05) is 19.1 Å². The van der Waals surface area contributed by atoms with Crippen LogP contribution in [0.5, 0.6) is 0 Å². The van der Waals surface area contributed by atoms with E-state index < -0.39 is 18.3 Å². The van der Waals surface area contributed by atoms with Crippen LogP contribution in [-0.4, -0.2) is 36.9 Å². The number of alkyl halides is 2. The van der Waals surface area contributed by atoms with Crippen molar-refractivity contribution in [2.24, 2.45) is 5.92 Å². The van der Waals surface area contributed by atoms with Crippen molar-refractivity contribution in [2.45, 2.75) is 32.2 Å². The van der Waals surface area contributed by atoms with Gasteiger partial charge < -0.3 is 10.2 Å². The van der Waals surface area contributed by atoms with Gasteiger partial charge in [0, 0.05) is 6.54 Å². The predicted octanol–water partition coefficient (Wildman–Crippen LogP) is 2.98. The van der Waals surface area contributed by atoms with E-state index in [9.17, 15) is 18.0 Å². The maximum absolute atomic E-state index is 13.2. The van der Waals surface area contributed by atoms with Crippen LogP contribution in [0.4, 0.5) is 13.2 Å². The molecule has 2 atom stereocenters. The van der Waals surface area contributed by atoms with Gasteiger partial charge in [-0.3, -0.25) is 4.79 Å². The zero-order valence-corrected chi connectivity index (χ0v) is 12.6. The van der Waals surface area contributed by atoms with Gasteiger partial charge in [0.2, 0.25) is 5.91 Å². The number of benzene rings is 1. The van der Waals surface area contributed by atoms with Crippen LogP contribution in [0.15, 0.2) is 24.3 Å². The van der Waals surface area contributed by atoms with Crippen LogP contribution in [-0.2, 0) is 4.79 Å². The summed E-state index contributed by atoms with van der Waals surface area (Å²) in [4.78, 5) is 14.4. The lowest BCUT2D eigenvalue weighted by molar-refractivity contribution is -0.128. The Morgan fingerprint density at radius 1 is 1.27 bits per heavy atom. The molecule has 0 saturated carbocycles. The lowest BCUT2D eigenvalue weighted by Gasteiger charge is -2.33. The number of rotatable bonds is 7. The number of hydrogen-bond acceptors (Lipinski definition) is 2. The van der Waals surface area contributed by atoms with Gasteiger partial charge in [-0.15, -0.1) is 0 Å². The second-order valence-electron chi connectivity index (χ2n) is 5.63. The van der Waals surface area contributed by atoms with Crippen LogP contribution in [0.25, 0.3) is 0 Å².